The van der Waals surface area contributed by atoms with Gasteiger partial charge in [0, 0.05) is 19.7 Å². The van der Waals surface area contributed by atoms with E-state index < -0.39 is 12.2 Å². The summed E-state index contributed by atoms with van der Waals surface area (Å²) >= 11 is 0. The molecule has 4 unspecified atom stereocenters. The largest absolute Gasteiger partial charge is 0.389 e. The molecular weight excluding hydrogens is 158 g/mol. The number of methoxy groups -OCH3 is 1. The molecule has 72 valence electrons. The van der Waals surface area contributed by atoms with Crippen LogP contribution in [0, 0.1) is 0 Å². The van der Waals surface area contributed by atoms with Gasteiger partial charge in [-0.25, -0.2) is 0 Å². The lowest BCUT2D eigenvalue weighted by Crippen LogP contribution is -2.59. The second kappa shape index (κ2) is 4.18. The molecule has 4 atom stereocenters. The second-order valence-electron chi connectivity index (χ2n) is 3.18. The highest BCUT2D eigenvalue weighted by molar-refractivity contribution is 4.91. The second-order valence-corrected chi connectivity index (χ2v) is 3.18. The van der Waals surface area contributed by atoms with Crippen molar-refractivity contribution in [2.45, 2.75) is 37.7 Å². The zero-order valence-corrected chi connectivity index (χ0v) is 7.53. The Morgan fingerprint density at radius 1 is 1.42 bits per heavy atom. The molecule has 0 amide bonds. The summed E-state index contributed by atoms with van der Waals surface area (Å²) in [6.45, 7) is 2.58. The van der Waals surface area contributed by atoms with Gasteiger partial charge < -0.3 is 20.3 Å². The first-order valence-corrected chi connectivity index (χ1v) is 4.33. The van der Waals surface area contributed by atoms with Crippen LogP contribution in [0.3, 0.4) is 0 Å². The van der Waals surface area contributed by atoms with Crippen LogP contribution < -0.4 is 5.32 Å². The number of hydrogen-bond donors (Lipinski definition) is 3. The minimum absolute atomic E-state index is 0.00796. The van der Waals surface area contributed by atoms with Crippen LogP contribution in [0.15, 0.2) is 0 Å². The van der Waals surface area contributed by atoms with Crippen LogP contribution >= 0.6 is 0 Å². The third kappa shape index (κ3) is 1.77. The molecule has 4 heteroatoms. The number of aliphatic hydroxyl groups excluding tert-OH is 2. The molecule has 0 aromatic carbocycles. The maximum atomic E-state index is 9.55. The summed E-state index contributed by atoms with van der Waals surface area (Å²) in [6, 6.07) is -0.00796. The molecule has 4 nitrogen and oxygen atoms in total. The molecule has 0 spiro atoms. The van der Waals surface area contributed by atoms with Crippen molar-refractivity contribution in [1.29, 1.82) is 0 Å². The van der Waals surface area contributed by atoms with Gasteiger partial charge in [-0.3, -0.25) is 0 Å². The van der Waals surface area contributed by atoms with Crippen LogP contribution in [0.2, 0.25) is 0 Å². The summed E-state index contributed by atoms with van der Waals surface area (Å²) in [5, 5.41) is 22.2. The summed E-state index contributed by atoms with van der Waals surface area (Å²) < 4.78 is 4.99. The van der Waals surface area contributed by atoms with Crippen LogP contribution in [0.5, 0.6) is 0 Å². The highest BCUT2D eigenvalue weighted by Crippen LogP contribution is 2.14. The normalized spacial score (nSPS) is 43.0. The smallest absolute Gasteiger partial charge is 0.109 e. The van der Waals surface area contributed by atoms with Gasteiger partial charge in [-0.2, -0.15) is 0 Å². The number of hydrogen-bond acceptors (Lipinski definition) is 4. The van der Waals surface area contributed by atoms with Gasteiger partial charge in [0.05, 0.1) is 12.2 Å². The SMILES string of the molecule is CCC1NCC(OC)C(O)C1O. The van der Waals surface area contributed by atoms with E-state index in [-0.39, 0.29) is 12.1 Å². The average Bonchev–Trinajstić information content (AvgIpc) is 2.10. The molecule has 0 radical (unpaired) electrons. The lowest BCUT2D eigenvalue weighted by Gasteiger charge is -2.37. The number of aliphatic hydroxyl groups is 2. The van der Waals surface area contributed by atoms with Crippen LogP contribution in [0.1, 0.15) is 13.3 Å². The molecule has 12 heavy (non-hydrogen) atoms. The molecule has 0 aromatic rings. The predicted molar refractivity (Wildman–Crippen MR) is 44.9 cm³/mol. The number of piperidine rings is 1. The molecule has 1 rings (SSSR count). The topological polar surface area (TPSA) is 61.7 Å². The highest BCUT2D eigenvalue weighted by atomic mass is 16.5. The zero-order chi connectivity index (χ0) is 9.14. The first kappa shape index (κ1) is 9.92. The molecule has 3 N–H and O–H groups in total. The zero-order valence-electron chi connectivity index (χ0n) is 7.53. The minimum atomic E-state index is -0.763. The van der Waals surface area contributed by atoms with E-state index in [4.69, 9.17) is 4.74 Å². The number of ether oxygens (including phenoxy) is 1. The fourth-order valence-corrected chi connectivity index (χ4v) is 1.58. The van der Waals surface area contributed by atoms with E-state index in [0.29, 0.717) is 6.54 Å². The third-order valence-electron chi connectivity index (χ3n) is 2.47. The van der Waals surface area contributed by atoms with Crippen molar-refractivity contribution in [1.82, 2.24) is 5.32 Å². The van der Waals surface area contributed by atoms with Gasteiger partial charge in [-0.05, 0) is 6.42 Å². The van der Waals surface area contributed by atoms with Gasteiger partial charge in [-0.15, -0.1) is 0 Å². The summed E-state index contributed by atoms with van der Waals surface area (Å²) in [4.78, 5) is 0. The summed E-state index contributed by atoms with van der Waals surface area (Å²) in [5.41, 5.74) is 0. The van der Waals surface area contributed by atoms with E-state index in [1.54, 1.807) is 0 Å². The van der Waals surface area contributed by atoms with E-state index in [1.165, 1.54) is 7.11 Å². The fraction of sp³-hybridized carbons (Fsp3) is 1.00. The Morgan fingerprint density at radius 3 is 2.58 bits per heavy atom. The van der Waals surface area contributed by atoms with Crippen molar-refractivity contribution in [3.05, 3.63) is 0 Å². The summed E-state index contributed by atoms with van der Waals surface area (Å²) in [5.74, 6) is 0. The molecule has 0 bridgehead atoms. The van der Waals surface area contributed by atoms with Crippen molar-refractivity contribution < 1.29 is 14.9 Å². The Labute approximate surface area is 72.5 Å². The number of rotatable bonds is 2. The molecule has 1 fully saturated rings. The molecular formula is C8H17NO3. The van der Waals surface area contributed by atoms with Crippen LogP contribution in [0.25, 0.3) is 0 Å². The first-order chi connectivity index (χ1) is 5.70. The van der Waals surface area contributed by atoms with E-state index in [2.05, 4.69) is 5.32 Å². The molecule has 1 saturated heterocycles. The standard InChI is InChI=1S/C8H17NO3/c1-3-5-7(10)8(11)6(12-2)4-9-5/h5-11H,3-4H2,1-2H3. The Balaban J connectivity index is 2.52. The quantitative estimate of drug-likeness (QED) is 0.509. The van der Waals surface area contributed by atoms with Crippen molar-refractivity contribution in [2.24, 2.45) is 0 Å². The molecule has 1 aliphatic heterocycles. The molecule has 0 saturated carbocycles. The van der Waals surface area contributed by atoms with E-state index in [0.717, 1.165) is 6.42 Å². The minimum Gasteiger partial charge on any atom is -0.389 e. The first-order valence-electron chi connectivity index (χ1n) is 4.33. The van der Waals surface area contributed by atoms with Gasteiger partial charge in [0.15, 0.2) is 0 Å². The lowest BCUT2D eigenvalue weighted by atomic mass is 9.94. The number of nitrogens with one attached hydrogen (secondary N) is 1. The summed E-state index contributed by atoms with van der Waals surface area (Å²) in [7, 11) is 1.54. The van der Waals surface area contributed by atoms with Crippen molar-refractivity contribution in [2.75, 3.05) is 13.7 Å². The fourth-order valence-electron chi connectivity index (χ4n) is 1.58. The van der Waals surface area contributed by atoms with Crippen molar-refractivity contribution in [3.8, 4) is 0 Å². The third-order valence-corrected chi connectivity index (χ3v) is 2.47. The Morgan fingerprint density at radius 2 is 2.08 bits per heavy atom. The highest BCUT2D eigenvalue weighted by Gasteiger charge is 2.36. The Kier molecular flexibility index (Phi) is 3.46. The van der Waals surface area contributed by atoms with Crippen LogP contribution in [-0.4, -0.2) is 48.2 Å². The van der Waals surface area contributed by atoms with Gasteiger partial charge in [0.25, 0.3) is 0 Å². The van der Waals surface area contributed by atoms with Gasteiger partial charge >= 0.3 is 0 Å². The average molecular weight is 175 g/mol. The van der Waals surface area contributed by atoms with E-state index in [1.807, 2.05) is 6.92 Å². The molecule has 1 aliphatic rings. The Hall–Kier alpha value is -0.160. The van der Waals surface area contributed by atoms with Crippen molar-refractivity contribution >= 4 is 0 Å². The van der Waals surface area contributed by atoms with E-state index in [9.17, 15) is 10.2 Å². The maximum absolute atomic E-state index is 9.55. The molecule has 1 heterocycles. The monoisotopic (exact) mass is 175 g/mol. The lowest BCUT2D eigenvalue weighted by molar-refractivity contribution is -0.107. The Bertz CT molecular complexity index is 126. The van der Waals surface area contributed by atoms with Gasteiger partial charge in [-0.1, -0.05) is 6.92 Å². The van der Waals surface area contributed by atoms with Crippen molar-refractivity contribution in [3.63, 3.8) is 0 Å². The molecule has 0 aliphatic carbocycles. The maximum Gasteiger partial charge on any atom is 0.109 e. The van der Waals surface area contributed by atoms with Gasteiger partial charge in [0.2, 0.25) is 0 Å². The predicted octanol–water partition coefficient (Wildman–Crippen LogP) is -0.895. The molecule has 0 aromatic heterocycles. The van der Waals surface area contributed by atoms with Crippen LogP contribution in [0.4, 0.5) is 0 Å². The van der Waals surface area contributed by atoms with E-state index >= 15 is 0 Å². The van der Waals surface area contributed by atoms with Gasteiger partial charge in [0.1, 0.15) is 6.10 Å². The van der Waals surface area contributed by atoms with Crippen LogP contribution in [-0.2, 0) is 4.74 Å². The summed E-state index contributed by atoms with van der Waals surface area (Å²) in [6.07, 6.45) is -0.952.